The van der Waals surface area contributed by atoms with Crippen molar-refractivity contribution in [2.24, 2.45) is 5.92 Å². The van der Waals surface area contributed by atoms with Gasteiger partial charge in [-0.1, -0.05) is 0 Å². The lowest BCUT2D eigenvalue weighted by molar-refractivity contribution is -0.166. The molecule has 2 aliphatic heterocycles. The van der Waals surface area contributed by atoms with Crippen LogP contribution in [-0.2, 0) is 4.74 Å². The lowest BCUT2D eigenvalue weighted by Crippen LogP contribution is -2.66. The Hall–Kier alpha value is -2.06. The Morgan fingerprint density at radius 2 is 2.20 bits per heavy atom. The number of likely N-dealkylation sites (tertiary alicyclic amines) is 1. The van der Waals surface area contributed by atoms with Gasteiger partial charge in [0.25, 0.3) is 5.91 Å². The highest BCUT2D eigenvalue weighted by Crippen LogP contribution is 2.38. The number of amides is 1. The summed E-state index contributed by atoms with van der Waals surface area (Å²) in [5.41, 5.74) is 2.04. The highest BCUT2D eigenvalue weighted by atomic mass is 32.1. The monoisotopic (exact) mass is 360 g/mol. The summed E-state index contributed by atoms with van der Waals surface area (Å²) in [5, 5.41) is 1.79. The maximum atomic E-state index is 12.3. The average molecular weight is 360 g/mol. The van der Waals surface area contributed by atoms with Gasteiger partial charge < -0.3 is 14.4 Å². The van der Waals surface area contributed by atoms with Crippen LogP contribution in [0.1, 0.15) is 29.8 Å². The Kier molecular flexibility index (Phi) is 4.63. The summed E-state index contributed by atoms with van der Waals surface area (Å²) in [6, 6.07) is 2.19. The van der Waals surface area contributed by atoms with Gasteiger partial charge in [-0.3, -0.25) is 4.79 Å². The van der Waals surface area contributed by atoms with Gasteiger partial charge in [-0.2, -0.15) is 0 Å². The molecule has 8 heteroatoms. The topological polar surface area (TPSA) is 77.4 Å². The molecule has 1 spiro atoms. The van der Waals surface area contributed by atoms with Crippen molar-refractivity contribution in [1.82, 2.24) is 19.9 Å². The molecule has 1 atom stereocenters. The van der Waals surface area contributed by atoms with E-state index in [-0.39, 0.29) is 11.5 Å². The first-order valence-corrected chi connectivity index (χ1v) is 9.40. The summed E-state index contributed by atoms with van der Waals surface area (Å²) in [6.07, 6.45) is 6.29. The smallest absolute Gasteiger partial charge is 0.316 e. The lowest BCUT2D eigenvalue weighted by atomic mass is 9.79. The maximum absolute atomic E-state index is 12.3. The molecule has 0 N–H and O–H groups in total. The van der Waals surface area contributed by atoms with Gasteiger partial charge in [0, 0.05) is 24.4 Å². The van der Waals surface area contributed by atoms with Gasteiger partial charge in [-0.25, -0.2) is 15.0 Å². The quantitative estimate of drug-likeness (QED) is 0.812. The lowest BCUT2D eigenvalue weighted by Gasteiger charge is -2.53. The first-order valence-electron chi connectivity index (χ1n) is 8.45. The van der Waals surface area contributed by atoms with Gasteiger partial charge in [-0.05, 0) is 31.2 Å². The Bertz CT molecular complexity index is 704. The van der Waals surface area contributed by atoms with Crippen LogP contribution >= 0.6 is 11.3 Å². The second-order valence-corrected chi connectivity index (χ2v) is 7.31. The molecule has 132 valence electrons. The van der Waals surface area contributed by atoms with Crippen LogP contribution in [-0.4, -0.2) is 57.7 Å². The van der Waals surface area contributed by atoms with Gasteiger partial charge in [-0.15, -0.1) is 11.3 Å². The minimum atomic E-state index is -0.183. The molecule has 7 nitrogen and oxygen atoms in total. The van der Waals surface area contributed by atoms with Crippen LogP contribution in [0.15, 0.2) is 29.4 Å². The first kappa shape index (κ1) is 16.4. The third-order valence-electron chi connectivity index (χ3n) is 4.79. The van der Waals surface area contributed by atoms with Crippen LogP contribution in [0.25, 0.3) is 0 Å². The molecule has 0 aromatic carbocycles. The van der Waals surface area contributed by atoms with Crippen LogP contribution in [0.3, 0.4) is 0 Å². The van der Waals surface area contributed by atoms with Gasteiger partial charge >= 0.3 is 6.01 Å². The number of carbonyl (C=O) groups is 1. The Morgan fingerprint density at radius 1 is 1.36 bits per heavy atom. The Labute approximate surface area is 150 Å². The number of hydrogen-bond donors (Lipinski definition) is 0. The zero-order valence-electron chi connectivity index (χ0n) is 13.8. The molecule has 0 aliphatic carbocycles. The van der Waals surface area contributed by atoms with Crippen LogP contribution < -0.4 is 4.74 Å². The number of aromatic nitrogens is 3. The standard InChI is InChI=1S/C17H20N4O3S/c22-15(14-9-25-12-20-14)21-10-17(11-21)8-13(3-7-24-17)2-6-23-16-18-4-1-5-19-16/h1,4-5,9,12-13H,2-3,6-8,10-11H2/t13-/m1/s1. The minimum Gasteiger partial charge on any atom is -0.463 e. The SMILES string of the molecule is O=C(c1cscn1)N1CC2(C[C@H](CCOc3ncccn3)CCO2)C1. The molecular formula is C17H20N4O3S. The van der Waals surface area contributed by atoms with Crippen molar-refractivity contribution in [3.05, 3.63) is 35.0 Å². The average Bonchev–Trinajstić information content (AvgIpc) is 3.15. The molecule has 0 saturated carbocycles. The van der Waals surface area contributed by atoms with E-state index in [2.05, 4.69) is 15.0 Å². The summed E-state index contributed by atoms with van der Waals surface area (Å²) in [5.74, 6) is 0.538. The summed E-state index contributed by atoms with van der Waals surface area (Å²) in [4.78, 5) is 26.4. The van der Waals surface area contributed by atoms with E-state index in [9.17, 15) is 4.79 Å². The second kappa shape index (κ2) is 7.05. The normalized spacial score (nSPS) is 21.8. The zero-order chi connectivity index (χ0) is 17.1. The molecule has 0 unspecified atom stereocenters. The largest absolute Gasteiger partial charge is 0.463 e. The number of carbonyl (C=O) groups excluding carboxylic acids is 1. The first-order chi connectivity index (χ1) is 12.2. The maximum Gasteiger partial charge on any atom is 0.316 e. The fourth-order valence-corrected chi connectivity index (χ4v) is 4.07. The van der Waals surface area contributed by atoms with Crippen LogP contribution in [0, 0.1) is 5.92 Å². The van der Waals surface area contributed by atoms with Gasteiger partial charge in [0.1, 0.15) is 11.3 Å². The van der Waals surface area contributed by atoms with Crippen molar-refractivity contribution >= 4 is 17.2 Å². The Balaban J connectivity index is 1.25. The number of hydrogen-bond acceptors (Lipinski definition) is 7. The van der Waals surface area contributed by atoms with Gasteiger partial charge in [0.05, 0.1) is 25.2 Å². The van der Waals surface area contributed by atoms with E-state index in [1.165, 1.54) is 11.3 Å². The molecule has 4 rings (SSSR count). The summed E-state index contributed by atoms with van der Waals surface area (Å²) < 4.78 is 11.6. The summed E-state index contributed by atoms with van der Waals surface area (Å²) in [7, 11) is 0. The number of ether oxygens (including phenoxy) is 2. The van der Waals surface area contributed by atoms with Gasteiger partial charge in [0.15, 0.2) is 0 Å². The van der Waals surface area contributed by atoms with Crippen LogP contribution in [0.4, 0.5) is 0 Å². The van der Waals surface area contributed by atoms with E-state index in [0.717, 1.165) is 25.9 Å². The highest BCUT2D eigenvalue weighted by molar-refractivity contribution is 7.07. The second-order valence-electron chi connectivity index (χ2n) is 6.59. The molecule has 2 saturated heterocycles. The molecule has 0 radical (unpaired) electrons. The van der Waals surface area contributed by atoms with Crippen LogP contribution in [0.5, 0.6) is 6.01 Å². The number of nitrogens with zero attached hydrogens (tertiary/aromatic N) is 4. The molecule has 0 bridgehead atoms. The summed E-state index contributed by atoms with van der Waals surface area (Å²) >= 11 is 1.44. The van der Waals surface area contributed by atoms with Crippen LogP contribution in [0.2, 0.25) is 0 Å². The molecule has 2 aliphatic rings. The van der Waals surface area contributed by atoms with Crippen molar-refractivity contribution in [3.63, 3.8) is 0 Å². The van der Waals surface area contributed by atoms with E-state index in [1.54, 1.807) is 29.4 Å². The molecular weight excluding hydrogens is 340 g/mol. The van der Waals surface area contributed by atoms with E-state index in [4.69, 9.17) is 9.47 Å². The highest BCUT2D eigenvalue weighted by Gasteiger charge is 2.49. The summed E-state index contributed by atoms with van der Waals surface area (Å²) in [6.45, 7) is 2.66. The number of rotatable bonds is 5. The fourth-order valence-electron chi connectivity index (χ4n) is 3.55. The van der Waals surface area contributed by atoms with Crippen molar-refractivity contribution < 1.29 is 14.3 Å². The molecule has 25 heavy (non-hydrogen) atoms. The Morgan fingerprint density at radius 3 is 2.96 bits per heavy atom. The van der Waals surface area contributed by atoms with Gasteiger partial charge in [0.2, 0.25) is 0 Å². The predicted molar refractivity (Wildman–Crippen MR) is 91.6 cm³/mol. The molecule has 2 fully saturated rings. The van der Waals surface area contributed by atoms with E-state index >= 15 is 0 Å². The van der Waals surface area contributed by atoms with E-state index in [0.29, 0.717) is 37.3 Å². The zero-order valence-corrected chi connectivity index (χ0v) is 14.7. The van der Waals surface area contributed by atoms with E-state index < -0.39 is 0 Å². The fraction of sp³-hybridized carbons (Fsp3) is 0.529. The third kappa shape index (κ3) is 3.64. The van der Waals surface area contributed by atoms with Crippen molar-refractivity contribution in [2.45, 2.75) is 24.9 Å². The predicted octanol–water partition coefficient (Wildman–Crippen LogP) is 2.02. The molecule has 4 heterocycles. The van der Waals surface area contributed by atoms with Crippen molar-refractivity contribution in [3.8, 4) is 6.01 Å². The van der Waals surface area contributed by atoms with Crippen molar-refractivity contribution in [1.29, 1.82) is 0 Å². The molecule has 1 amide bonds. The number of thiazole rings is 1. The van der Waals surface area contributed by atoms with E-state index in [1.807, 2.05) is 4.90 Å². The third-order valence-corrected chi connectivity index (χ3v) is 5.38. The molecule has 2 aromatic rings. The molecule has 2 aromatic heterocycles. The van der Waals surface area contributed by atoms with Crippen molar-refractivity contribution in [2.75, 3.05) is 26.3 Å². The minimum absolute atomic E-state index is 0.00200.